The van der Waals surface area contributed by atoms with Crippen LogP contribution in [0.15, 0.2) is 108 Å². The van der Waals surface area contributed by atoms with Gasteiger partial charge in [0.05, 0.1) is 15.6 Å². The van der Waals surface area contributed by atoms with Crippen molar-refractivity contribution in [2.45, 2.75) is 37.2 Å². The summed E-state index contributed by atoms with van der Waals surface area (Å²) in [5, 5.41) is 3.66. The van der Waals surface area contributed by atoms with Gasteiger partial charge in [-0.05, 0) is 48.4 Å². The quantitative estimate of drug-likeness (QED) is 0.166. The van der Waals surface area contributed by atoms with Gasteiger partial charge in [-0.1, -0.05) is 108 Å². The highest BCUT2D eigenvalue weighted by molar-refractivity contribution is 7.92. The summed E-state index contributed by atoms with van der Waals surface area (Å²) in [5.41, 5.74) is 1.37. The largest absolute Gasteiger partial charge is 0.354 e. The summed E-state index contributed by atoms with van der Waals surface area (Å²) in [4.78, 5) is 29.5. The first-order valence-corrected chi connectivity index (χ1v) is 16.6. The number of hydrogen-bond donors (Lipinski definition) is 1. The Kier molecular flexibility index (Phi) is 11.7. The highest BCUT2D eigenvalue weighted by Gasteiger charge is 2.35. The first kappa shape index (κ1) is 33.3. The fraction of sp³-hybridized carbons (Fsp3) is 0.212. The first-order valence-electron chi connectivity index (χ1n) is 14.0. The average Bonchev–Trinajstić information content (AvgIpc) is 3.02. The van der Waals surface area contributed by atoms with Crippen LogP contribution in [0.1, 0.15) is 24.5 Å². The maximum Gasteiger partial charge on any atom is 0.264 e. The third kappa shape index (κ3) is 8.12. The lowest BCUT2D eigenvalue weighted by atomic mass is 10.0. The number of carbonyl (C=O) groups is 2. The summed E-state index contributed by atoms with van der Waals surface area (Å²) in [6, 6.07) is 27.4. The standard InChI is InChI=1S/C33H32Cl3N3O4S/c1-2-20-37-33(41)31(21-24-12-5-3-6-13-24)38(22-26-27(34)17-11-18-28(26)35)32(40)23-39(30-19-10-9-16-29(30)36)44(42,43)25-14-7-4-8-15-25/h3-19,31H,2,20-23H2,1H3,(H,37,41)/t31-/m1/s1. The average molecular weight is 673 g/mol. The van der Waals surface area contributed by atoms with Gasteiger partial charge in [0, 0.05) is 35.1 Å². The molecule has 0 aromatic heterocycles. The molecular formula is C33H32Cl3N3O4S. The van der Waals surface area contributed by atoms with E-state index in [4.69, 9.17) is 34.8 Å². The second kappa shape index (κ2) is 15.4. The number of sulfonamides is 1. The van der Waals surface area contributed by atoms with Crippen LogP contribution >= 0.6 is 34.8 Å². The van der Waals surface area contributed by atoms with Crippen LogP contribution in [0.25, 0.3) is 0 Å². The van der Waals surface area contributed by atoms with Gasteiger partial charge in [-0.15, -0.1) is 0 Å². The first-order chi connectivity index (χ1) is 21.1. The molecule has 44 heavy (non-hydrogen) atoms. The molecule has 1 atom stereocenters. The molecule has 0 aliphatic rings. The highest BCUT2D eigenvalue weighted by Crippen LogP contribution is 2.32. The van der Waals surface area contributed by atoms with Crippen molar-refractivity contribution < 1.29 is 18.0 Å². The number of benzene rings is 4. The lowest BCUT2D eigenvalue weighted by molar-refractivity contribution is -0.140. The number of anilines is 1. The zero-order valence-corrected chi connectivity index (χ0v) is 27.1. The molecule has 0 heterocycles. The fourth-order valence-electron chi connectivity index (χ4n) is 4.66. The number of amides is 2. The van der Waals surface area contributed by atoms with E-state index in [2.05, 4.69) is 5.32 Å². The molecule has 11 heteroatoms. The summed E-state index contributed by atoms with van der Waals surface area (Å²) < 4.78 is 29.0. The molecule has 0 bridgehead atoms. The summed E-state index contributed by atoms with van der Waals surface area (Å²) in [6.07, 6.45) is 0.853. The molecule has 0 fully saturated rings. The van der Waals surface area contributed by atoms with Gasteiger partial charge in [0.1, 0.15) is 12.6 Å². The van der Waals surface area contributed by atoms with Crippen LogP contribution in [0.4, 0.5) is 5.69 Å². The minimum absolute atomic E-state index is 0.0186. The Hall–Kier alpha value is -3.56. The SMILES string of the molecule is CCCNC(=O)[C@@H](Cc1ccccc1)N(Cc1c(Cl)cccc1Cl)C(=O)CN(c1ccccc1Cl)S(=O)(=O)c1ccccc1. The Morgan fingerprint density at radius 2 is 1.34 bits per heavy atom. The molecule has 7 nitrogen and oxygen atoms in total. The number of nitrogens with zero attached hydrogens (tertiary/aromatic N) is 2. The molecule has 4 aromatic rings. The molecule has 230 valence electrons. The molecule has 0 unspecified atom stereocenters. The second-order valence-corrected chi connectivity index (χ2v) is 13.1. The van der Waals surface area contributed by atoms with Gasteiger partial charge in [0.2, 0.25) is 11.8 Å². The predicted molar refractivity (Wildman–Crippen MR) is 177 cm³/mol. The van der Waals surface area contributed by atoms with Crippen molar-refractivity contribution in [2.75, 3.05) is 17.4 Å². The van der Waals surface area contributed by atoms with E-state index in [1.807, 2.05) is 37.3 Å². The highest BCUT2D eigenvalue weighted by atomic mass is 35.5. The lowest BCUT2D eigenvalue weighted by Gasteiger charge is -2.34. The molecule has 1 N–H and O–H groups in total. The van der Waals surface area contributed by atoms with Crippen molar-refractivity contribution in [1.29, 1.82) is 0 Å². The van der Waals surface area contributed by atoms with Crippen molar-refractivity contribution in [3.05, 3.63) is 129 Å². The van der Waals surface area contributed by atoms with Crippen molar-refractivity contribution in [3.63, 3.8) is 0 Å². The lowest BCUT2D eigenvalue weighted by Crippen LogP contribution is -2.53. The number of rotatable bonds is 13. The van der Waals surface area contributed by atoms with Crippen LogP contribution in [-0.2, 0) is 32.6 Å². The van der Waals surface area contributed by atoms with E-state index in [9.17, 15) is 18.0 Å². The predicted octanol–water partition coefficient (Wildman–Crippen LogP) is 7.01. The van der Waals surface area contributed by atoms with E-state index in [0.29, 0.717) is 28.6 Å². The smallest absolute Gasteiger partial charge is 0.264 e. The molecule has 2 amide bonds. The van der Waals surface area contributed by atoms with Gasteiger partial charge in [-0.2, -0.15) is 0 Å². The fourth-order valence-corrected chi connectivity index (χ4v) is 6.92. The van der Waals surface area contributed by atoms with Crippen molar-refractivity contribution in [1.82, 2.24) is 10.2 Å². The second-order valence-electron chi connectivity index (χ2n) is 9.99. The van der Waals surface area contributed by atoms with Gasteiger partial charge in [-0.3, -0.25) is 13.9 Å². The van der Waals surface area contributed by atoms with Crippen molar-refractivity contribution >= 4 is 62.3 Å². The Morgan fingerprint density at radius 3 is 1.95 bits per heavy atom. The van der Waals surface area contributed by atoms with Gasteiger partial charge in [0.15, 0.2) is 0 Å². The molecule has 4 rings (SSSR count). The maximum absolute atomic E-state index is 14.5. The van der Waals surface area contributed by atoms with Crippen LogP contribution in [0.2, 0.25) is 15.1 Å². The zero-order chi connectivity index (χ0) is 31.7. The van der Waals surface area contributed by atoms with Crippen LogP contribution < -0.4 is 9.62 Å². The van der Waals surface area contributed by atoms with Gasteiger partial charge >= 0.3 is 0 Å². The summed E-state index contributed by atoms with van der Waals surface area (Å²) in [7, 11) is -4.26. The van der Waals surface area contributed by atoms with Crippen molar-refractivity contribution in [3.8, 4) is 0 Å². The van der Waals surface area contributed by atoms with Crippen LogP contribution in [-0.4, -0.2) is 44.3 Å². The van der Waals surface area contributed by atoms with E-state index < -0.39 is 28.5 Å². The summed E-state index contributed by atoms with van der Waals surface area (Å²) >= 11 is 19.6. The summed E-state index contributed by atoms with van der Waals surface area (Å²) in [5.74, 6) is -1.03. The number of halogens is 3. The van der Waals surface area contributed by atoms with Crippen LogP contribution in [0, 0.1) is 0 Å². The topological polar surface area (TPSA) is 86.8 Å². The van der Waals surface area contributed by atoms with E-state index >= 15 is 0 Å². The minimum atomic E-state index is -4.26. The Morgan fingerprint density at radius 1 is 0.773 bits per heavy atom. The monoisotopic (exact) mass is 671 g/mol. The third-order valence-electron chi connectivity index (χ3n) is 6.94. The molecule has 0 aliphatic carbocycles. The third-order valence-corrected chi connectivity index (χ3v) is 9.74. The molecule has 0 saturated heterocycles. The molecule has 0 radical (unpaired) electrons. The maximum atomic E-state index is 14.5. The molecule has 0 aliphatic heterocycles. The van der Waals surface area contributed by atoms with Gasteiger partial charge in [0.25, 0.3) is 10.0 Å². The number of para-hydroxylation sites is 1. The van der Waals surface area contributed by atoms with Gasteiger partial charge in [-0.25, -0.2) is 8.42 Å². The molecule has 4 aromatic carbocycles. The zero-order valence-electron chi connectivity index (χ0n) is 24.0. The van der Waals surface area contributed by atoms with Gasteiger partial charge < -0.3 is 10.2 Å². The van der Waals surface area contributed by atoms with Crippen LogP contribution in [0.3, 0.4) is 0 Å². The minimum Gasteiger partial charge on any atom is -0.354 e. The summed E-state index contributed by atoms with van der Waals surface area (Å²) in [6.45, 7) is 1.54. The van der Waals surface area contributed by atoms with E-state index in [0.717, 1.165) is 9.87 Å². The number of carbonyl (C=O) groups excluding carboxylic acids is 2. The molecule has 0 saturated carbocycles. The number of nitrogens with one attached hydrogen (secondary N) is 1. The Balaban J connectivity index is 1.83. The Bertz CT molecular complexity index is 1670. The van der Waals surface area contributed by atoms with E-state index in [-0.39, 0.29) is 34.5 Å². The Labute approximate surface area is 273 Å². The number of hydrogen-bond acceptors (Lipinski definition) is 4. The van der Waals surface area contributed by atoms with Crippen molar-refractivity contribution in [2.24, 2.45) is 0 Å². The normalized spacial score (nSPS) is 11.9. The van der Waals surface area contributed by atoms with E-state index in [1.54, 1.807) is 54.6 Å². The molecular weight excluding hydrogens is 641 g/mol. The molecule has 0 spiro atoms. The van der Waals surface area contributed by atoms with Crippen LogP contribution in [0.5, 0.6) is 0 Å². The van der Waals surface area contributed by atoms with E-state index in [1.165, 1.54) is 23.1 Å².